The number of carbonyl (C=O) groups excluding carboxylic acids is 1. The van der Waals surface area contributed by atoms with Crippen molar-refractivity contribution in [3.8, 4) is 0 Å². The van der Waals surface area contributed by atoms with Gasteiger partial charge in [-0.15, -0.1) is 0 Å². The zero-order valence-corrected chi connectivity index (χ0v) is 18.9. The van der Waals surface area contributed by atoms with Crippen molar-refractivity contribution in [2.24, 2.45) is 0 Å². The molecular weight excluding hydrogens is 432 g/mol. The minimum absolute atomic E-state index is 0.0794. The highest BCUT2D eigenvalue weighted by Crippen LogP contribution is 2.32. The molecule has 0 aromatic heterocycles. The number of nitrogens with one attached hydrogen (secondary N) is 1. The first-order valence-electron chi connectivity index (χ1n) is 10.0. The second kappa shape index (κ2) is 8.36. The summed E-state index contributed by atoms with van der Waals surface area (Å²) in [6.07, 6.45) is 1.49. The van der Waals surface area contributed by atoms with Crippen molar-refractivity contribution >= 4 is 38.9 Å². The van der Waals surface area contributed by atoms with Gasteiger partial charge in [-0.1, -0.05) is 35.4 Å². The van der Waals surface area contributed by atoms with Crippen LogP contribution in [-0.4, -0.2) is 20.9 Å². The van der Waals surface area contributed by atoms with Crippen molar-refractivity contribution in [2.45, 2.75) is 31.6 Å². The summed E-state index contributed by atoms with van der Waals surface area (Å²) in [4.78, 5) is 14.9. The van der Waals surface area contributed by atoms with E-state index in [1.807, 2.05) is 38.1 Å². The number of halogens is 1. The predicted molar refractivity (Wildman–Crippen MR) is 125 cm³/mol. The van der Waals surface area contributed by atoms with Gasteiger partial charge in [0, 0.05) is 22.8 Å². The van der Waals surface area contributed by atoms with Crippen molar-refractivity contribution in [1.29, 1.82) is 0 Å². The van der Waals surface area contributed by atoms with Gasteiger partial charge in [-0.2, -0.15) is 0 Å². The Morgan fingerprint density at radius 3 is 2.48 bits per heavy atom. The molecule has 0 unspecified atom stereocenters. The van der Waals surface area contributed by atoms with Gasteiger partial charge in [0.05, 0.1) is 10.6 Å². The molecule has 5 nitrogen and oxygen atoms in total. The van der Waals surface area contributed by atoms with Crippen LogP contribution in [0.3, 0.4) is 0 Å². The maximum Gasteiger partial charge on any atom is 0.261 e. The number of sulfonamides is 1. The van der Waals surface area contributed by atoms with E-state index in [2.05, 4.69) is 4.72 Å². The standard InChI is InChI=1S/C24H23ClN2O3S/c1-16-5-8-18(9-6-16)24(28)27-13-3-4-19-14-21(11-12-23(19)27)31(29,30)26-22-15-20(25)10-7-17(22)2/h5-12,14-15,26H,3-4,13H2,1-2H3. The molecule has 31 heavy (non-hydrogen) atoms. The summed E-state index contributed by atoms with van der Waals surface area (Å²) in [5.41, 5.74) is 4.54. The monoisotopic (exact) mass is 454 g/mol. The molecule has 0 atom stereocenters. The van der Waals surface area contributed by atoms with E-state index < -0.39 is 10.0 Å². The fourth-order valence-corrected chi connectivity index (χ4v) is 5.06. The highest BCUT2D eigenvalue weighted by Gasteiger charge is 2.26. The third-order valence-corrected chi connectivity index (χ3v) is 7.07. The Hall–Kier alpha value is -2.83. The highest BCUT2D eigenvalue weighted by molar-refractivity contribution is 7.92. The van der Waals surface area contributed by atoms with E-state index in [9.17, 15) is 13.2 Å². The Morgan fingerprint density at radius 2 is 1.74 bits per heavy atom. The zero-order valence-electron chi connectivity index (χ0n) is 17.4. The van der Waals surface area contributed by atoms with E-state index >= 15 is 0 Å². The van der Waals surface area contributed by atoms with Crippen LogP contribution in [0.2, 0.25) is 5.02 Å². The number of aryl methyl sites for hydroxylation is 3. The molecule has 1 aliphatic rings. The molecule has 160 valence electrons. The normalized spacial score (nSPS) is 13.6. The van der Waals surface area contributed by atoms with Gasteiger partial charge in [-0.25, -0.2) is 8.42 Å². The van der Waals surface area contributed by atoms with Gasteiger partial charge < -0.3 is 4.90 Å². The van der Waals surface area contributed by atoms with E-state index in [1.165, 1.54) is 0 Å². The summed E-state index contributed by atoms with van der Waals surface area (Å²) in [5, 5.41) is 0.457. The number of anilines is 2. The van der Waals surface area contributed by atoms with Gasteiger partial charge in [0.1, 0.15) is 0 Å². The number of amides is 1. The van der Waals surface area contributed by atoms with Crippen molar-refractivity contribution in [1.82, 2.24) is 0 Å². The number of rotatable bonds is 4. The largest absolute Gasteiger partial charge is 0.308 e. The Bertz CT molecular complexity index is 1250. The van der Waals surface area contributed by atoms with Crippen molar-refractivity contribution < 1.29 is 13.2 Å². The Balaban J connectivity index is 1.64. The number of carbonyl (C=O) groups is 1. The van der Waals surface area contributed by atoms with Crippen molar-refractivity contribution in [3.05, 3.63) is 87.9 Å². The van der Waals surface area contributed by atoms with Crippen LogP contribution in [0.4, 0.5) is 11.4 Å². The number of hydrogen-bond donors (Lipinski definition) is 1. The topological polar surface area (TPSA) is 66.5 Å². The third kappa shape index (κ3) is 4.45. The van der Waals surface area contributed by atoms with Gasteiger partial charge in [-0.05, 0) is 80.3 Å². The number of nitrogens with zero attached hydrogens (tertiary/aromatic N) is 1. The molecule has 1 aliphatic heterocycles. The van der Waals surface area contributed by atoms with Gasteiger partial charge in [0.2, 0.25) is 0 Å². The summed E-state index contributed by atoms with van der Waals surface area (Å²) in [6, 6.07) is 17.5. The molecule has 4 rings (SSSR count). The number of benzene rings is 3. The number of hydrogen-bond acceptors (Lipinski definition) is 3. The Morgan fingerprint density at radius 1 is 1.00 bits per heavy atom. The van der Waals surface area contributed by atoms with E-state index in [1.54, 1.807) is 41.3 Å². The van der Waals surface area contributed by atoms with Crippen LogP contribution in [0, 0.1) is 13.8 Å². The lowest BCUT2D eigenvalue weighted by atomic mass is 10.0. The molecule has 0 fully saturated rings. The van der Waals surface area contributed by atoms with Crippen LogP contribution in [-0.2, 0) is 16.4 Å². The molecule has 3 aromatic carbocycles. The van der Waals surface area contributed by atoms with Crippen LogP contribution >= 0.6 is 11.6 Å². The first-order chi connectivity index (χ1) is 14.7. The molecule has 0 bridgehead atoms. The average molecular weight is 455 g/mol. The smallest absolute Gasteiger partial charge is 0.261 e. The summed E-state index contributed by atoms with van der Waals surface area (Å²) in [6.45, 7) is 4.40. The minimum atomic E-state index is -3.79. The summed E-state index contributed by atoms with van der Waals surface area (Å²) in [5.74, 6) is -0.0794. The molecular formula is C24H23ClN2O3S. The van der Waals surface area contributed by atoms with Crippen molar-refractivity contribution in [3.63, 3.8) is 0 Å². The van der Waals surface area contributed by atoms with Crippen LogP contribution < -0.4 is 9.62 Å². The summed E-state index contributed by atoms with van der Waals surface area (Å²) in [7, 11) is -3.79. The Kier molecular flexibility index (Phi) is 5.77. The van der Waals surface area contributed by atoms with Crippen LogP contribution in [0.15, 0.2) is 65.6 Å². The molecule has 1 N–H and O–H groups in total. The SMILES string of the molecule is Cc1ccc(C(=O)N2CCCc3cc(S(=O)(=O)Nc4cc(Cl)ccc4C)ccc32)cc1. The zero-order chi connectivity index (χ0) is 22.2. The Labute approximate surface area is 187 Å². The molecule has 1 heterocycles. The fraction of sp³-hybridized carbons (Fsp3) is 0.208. The van der Waals surface area contributed by atoms with E-state index in [0.29, 0.717) is 29.2 Å². The molecule has 0 aliphatic carbocycles. The fourth-order valence-electron chi connectivity index (χ4n) is 3.71. The second-order valence-corrected chi connectivity index (χ2v) is 9.90. The first-order valence-corrected chi connectivity index (χ1v) is 11.9. The predicted octanol–water partition coefficient (Wildman–Crippen LogP) is 5.35. The molecule has 0 saturated carbocycles. The summed E-state index contributed by atoms with van der Waals surface area (Å²) < 4.78 is 28.6. The molecule has 0 radical (unpaired) electrons. The molecule has 0 spiro atoms. The van der Waals surface area contributed by atoms with Gasteiger partial charge in [0.25, 0.3) is 15.9 Å². The summed E-state index contributed by atoms with van der Waals surface area (Å²) >= 11 is 6.02. The van der Waals surface area contributed by atoms with E-state index in [0.717, 1.165) is 28.8 Å². The maximum atomic E-state index is 13.0. The number of fused-ring (bicyclic) bond motifs is 1. The van der Waals surface area contributed by atoms with Crippen LogP contribution in [0.1, 0.15) is 33.5 Å². The second-order valence-electron chi connectivity index (χ2n) is 7.78. The maximum absolute atomic E-state index is 13.0. The quantitative estimate of drug-likeness (QED) is 0.577. The molecule has 7 heteroatoms. The molecule has 0 saturated heterocycles. The van der Waals surface area contributed by atoms with Gasteiger partial charge in [-0.3, -0.25) is 9.52 Å². The molecule has 3 aromatic rings. The van der Waals surface area contributed by atoms with Crippen molar-refractivity contribution in [2.75, 3.05) is 16.2 Å². The lowest BCUT2D eigenvalue weighted by molar-refractivity contribution is 0.0985. The minimum Gasteiger partial charge on any atom is -0.308 e. The van der Waals surface area contributed by atoms with E-state index in [4.69, 9.17) is 11.6 Å². The third-order valence-electron chi connectivity index (χ3n) is 5.47. The average Bonchev–Trinajstić information content (AvgIpc) is 2.75. The van der Waals surface area contributed by atoms with Gasteiger partial charge in [0.15, 0.2) is 0 Å². The van der Waals surface area contributed by atoms with E-state index in [-0.39, 0.29) is 10.8 Å². The van der Waals surface area contributed by atoms with Gasteiger partial charge >= 0.3 is 0 Å². The lowest BCUT2D eigenvalue weighted by Gasteiger charge is -2.30. The van der Waals surface area contributed by atoms with Crippen LogP contribution in [0.25, 0.3) is 0 Å². The lowest BCUT2D eigenvalue weighted by Crippen LogP contribution is -2.35. The molecule has 1 amide bonds. The highest BCUT2D eigenvalue weighted by atomic mass is 35.5. The van der Waals surface area contributed by atoms with Crippen LogP contribution in [0.5, 0.6) is 0 Å². The first kappa shape index (κ1) is 21.4.